The standard InChI is InChI=1S/C38H22N4O/c1-2-10-25(11-3-1)35-40-36(26-20-19-24-18-17-23-9-4-5-12-27(23)31(24)21-26)42-37(41-35)29-15-8-14-28-32(29)22-39-38-34(28)30-13-6-7-16-33(30)43-38/h1-22H. The zero-order valence-corrected chi connectivity index (χ0v) is 22.9. The zero-order chi connectivity index (χ0) is 28.3. The predicted molar refractivity (Wildman–Crippen MR) is 174 cm³/mol. The molecule has 6 aromatic carbocycles. The molecule has 0 N–H and O–H groups in total. The van der Waals surface area contributed by atoms with Crippen molar-refractivity contribution < 1.29 is 4.42 Å². The first kappa shape index (κ1) is 23.7. The van der Waals surface area contributed by atoms with E-state index in [1.54, 1.807) is 0 Å². The van der Waals surface area contributed by atoms with Crippen LogP contribution in [0.1, 0.15) is 0 Å². The van der Waals surface area contributed by atoms with E-state index in [4.69, 9.17) is 24.4 Å². The molecule has 0 aliphatic carbocycles. The smallest absolute Gasteiger partial charge is 0.227 e. The van der Waals surface area contributed by atoms with Crippen molar-refractivity contribution in [2.75, 3.05) is 0 Å². The second kappa shape index (κ2) is 9.29. The van der Waals surface area contributed by atoms with Gasteiger partial charge in [-0.05, 0) is 39.1 Å². The number of fused-ring (bicyclic) bond motifs is 8. The lowest BCUT2D eigenvalue weighted by Crippen LogP contribution is -2.00. The van der Waals surface area contributed by atoms with Gasteiger partial charge in [-0.25, -0.2) is 19.9 Å². The van der Waals surface area contributed by atoms with E-state index in [0.717, 1.165) is 43.8 Å². The Balaban J connectivity index is 1.31. The minimum atomic E-state index is 0.599. The molecule has 0 unspecified atom stereocenters. The average Bonchev–Trinajstić information content (AvgIpc) is 3.47. The molecular formula is C38H22N4O. The van der Waals surface area contributed by atoms with Gasteiger partial charge >= 0.3 is 0 Å². The molecule has 0 aliphatic heterocycles. The van der Waals surface area contributed by atoms with Crippen molar-refractivity contribution >= 4 is 54.4 Å². The van der Waals surface area contributed by atoms with Gasteiger partial charge in [-0.2, -0.15) is 0 Å². The van der Waals surface area contributed by atoms with Crippen molar-refractivity contribution in [3.63, 3.8) is 0 Å². The number of pyridine rings is 1. The van der Waals surface area contributed by atoms with Crippen molar-refractivity contribution in [3.8, 4) is 34.2 Å². The molecule has 9 aromatic rings. The zero-order valence-electron chi connectivity index (χ0n) is 22.9. The summed E-state index contributed by atoms with van der Waals surface area (Å²) in [6.45, 7) is 0. The Labute approximate surface area is 246 Å². The lowest BCUT2D eigenvalue weighted by molar-refractivity contribution is 0.654. The molecule has 3 aromatic heterocycles. The summed E-state index contributed by atoms with van der Waals surface area (Å²) in [7, 11) is 0. The van der Waals surface area contributed by atoms with Crippen LogP contribution in [0.5, 0.6) is 0 Å². The maximum Gasteiger partial charge on any atom is 0.227 e. The van der Waals surface area contributed by atoms with E-state index in [9.17, 15) is 0 Å². The van der Waals surface area contributed by atoms with Gasteiger partial charge in [0.15, 0.2) is 17.5 Å². The SMILES string of the molecule is c1ccc(-c2nc(-c3ccc4ccc5ccccc5c4c3)nc(-c3cccc4c3cnc3oc5ccccc5c34)n2)cc1. The maximum atomic E-state index is 6.07. The van der Waals surface area contributed by atoms with E-state index in [-0.39, 0.29) is 0 Å². The van der Waals surface area contributed by atoms with Gasteiger partial charge in [-0.1, -0.05) is 115 Å². The van der Waals surface area contributed by atoms with Crippen LogP contribution in [0.3, 0.4) is 0 Å². The highest BCUT2D eigenvalue weighted by Crippen LogP contribution is 2.37. The number of furan rings is 1. The predicted octanol–water partition coefficient (Wildman–Crippen LogP) is 9.63. The average molecular weight is 551 g/mol. The molecular weight excluding hydrogens is 528 g/mol. The largest absolute Gasteiger partial charge is 0.438 e. The molecule has 0 radical (unpaired) electrons. The van der Waals surface area contributed by atoms with Gasteiger partial charge in [0.25, 0.3) is 0 Å². The molecule has 0 aliphatic rings. The highest BCUT2D eigenvalue weighted by molar-refractivity contribution is 6.19. The van der Waals surface area contributed by atoms with E-state index in [1.807, 2.05) is 60.8 Å². The maximum absolute atomic E-state index is 6.07. The van der Waals surface area contributed by atoms with Gasteiger partial charge in [-0.15, -0.1) is 0 Å². The molecule has 3 heterocycles. The van der Waals surface area contributed by atoms with Gasteiger partial charge in [0.1, 0.15) is 5.58 Å². The van der Waals surface area contributed by atoms with Crippen LogP contribution >= 0.6 is 0 Å². The van der Waals surface area contributed by atoms with Crippen LogP contribution in [0.2, 0.25) is 0 Å². The fourth-order valence-corrected chi connectivity index (χ4v) is 6.11. The highest BCUT2D eigenvalue weighted by Gasteiger charge is 2.18. The van der Waals surface area contributed by atoms with Crippen molar-refractivity contribution in [1.82, 2.24) is 19.9 Å². The minimum absolute atomic E-state index is 0.599. The summed E-state index contributed by atoms with van der Waals surface area (Å²) in [5, 5.41) is 8.80. The quantitative estimate of drug-likeness (QED) is 0.205. The van der Waals surface area contributed by atoms with Crippen LogP contribution in [0.4, 0.5) is 0 Å². The third-order valence-electron chi connectivity index (χ3n) is 8.18. The highest BCUT2D eigenvalue weighted by atomic mass is 16.3. The lowest BCUT2D eigenvalue weighted by atomic mass is 9.99. The Morgan fingerprint density at radius 1 is 0.442 bits per heavy atom. The van der Waals surface area contributed by atoms with Crippen LogP contribution in [-0.2, 0) is 0 Å². The second-order valence-corrected chi connectivity index (χ2v) is 10.7. The van der Waals surface area contributed by atoms with Crippen LogP contribution in [-0.4, -0.2) is 19.9 Å². The van der Waals surface area contributed by atoms with E-state index in [0.29, 0.717) is 23.2 Å². The Morgan fingerprint density at radius 3 is 2.00 bits per heavy atom. The lowest BCUT2D eigenvalue weighted by Gasteiger charge is -2.11. The molecule has 9 rings (SSSR count). The fourth-order valence-electron chi connectivity index (χ4n) is 6.11. The van der Waals surface area contributed by atoms with Crippen molar-refractivity contribution in [2.45, 2.75) is 0 Å². The number of rotatable bonds is 3. The summed E-state index contributed by atoms with van der Waals surface area (Å²) in [5.41, 5.74) is 4.20. The summed E-state index contributed by atoms with van der Waals surface area (Å²) in [6, 6.07) is 43.6. The normalized spacial score (nSPS) is 11.7. The van der Waals surface area contributed by atoms with E-state index in [2.05, 4.69) is 72.8 Å². The number of para-hydroxylation sites is 1. The topological polar surface area (TPSA) is 64.7 Å². The van der Waals surface area contributed by atoms with Gasteiger partial charge < -0.3 is 4.42 Å². The summed E-state index contributed by atoms with van der Waals surface area (Å²) >= 11 is 0. The van der Waals surface area contributed by atoms with Crippen molar-refractivity contribution in [2.24, 2.45) is 0 Å². The molecule has 0 spiro atoms. The number of benzene rings is 6. The molecule has 0 fully saturated rings. The summed E-state index contributed by atoms with van der Waals surface area (Å²) in [5.74, 6) is 1.85. The number of aromatic nitrogens is 4. The molecule has 0 saturated heterocycles. The van der Waals surface area contributed by atoms with E-state index >= 15 is 0 Å². The van der Waals surface area contributed by atoms with Gasteiger partial charge in [0.05, 0.1) is 5.39 Å². The van der Waals surface area contributed by atoms with Crippen molar-refractivity contribution in [1.29, 1.82) is 0 Å². The summed E-state index contributed by atoms with van der Waals surface area (Å²) < 4.78 is 6.07. The first-order valence-electron chi connectivity index (χ1n) is 14.2. The molecule has 0 saturated carbocycles. The first-order chi connectivity index (χ1) is 21.3. The number of hydrogen-bond acceptors (Lipinski definition) is 5. The number of nitrogens with zero attached hydrogens (tertiary/aromatic N) is 4. The summed E-state index contributed by atoms with van der Waals surface area (Å²) in [4.78, 5) is 19.8. The third-order valence-corrected chi connectivity index (χ3v) is 8.18. The summed E-state index contributed by atoms with van der Waals surface area (Å²) in [6.07, 6.45) is 1.86. The Bertz CT molecular complexity index is 2520. The molecule has 0 atom stereocenters. The molecule has 200 valence electrons. The van der Waals surface area contributed by atoms with Crippen LogP contribution in [0.15, 0.2) is 138 Å². The monoisotopic (exact) mass is 550 g/mol. The van der Waals surface area contributed by atoms with Crippen LogP contribution < -0.4 is 0 Å². The fraction of sp³-hybridized carbons (Fsp3) is 0. The first-order valence-corrected chi connectivity index (χ1v) is 14.2. The molecule has 0 amide bonds. The second-order valence-electron chi connectivity index (χ2n) is 10.7. The minimum Gasteiger partial charge on any atom is -0.438 e. The van der Waals surface area contributed by atoms with Crippen LogP contribution in [0.25, 0.3) is 88.5 Å². The Hall–Kier alpha value is -5.94. The van der Waals surface area contributed by atoms with Gasteiger partial charge in [-0.3, -0.25) is 0 Å². The van der Waals surface area contributed by atoms with Gasteiger partial charge in [0, 0.05) is 33.7 Å². The van der Waals surface area contributed by atoms with Gasteiger partial charge in [0.2, 0.25) is 5.71 Å². The third kappa shape index (κ3) is 3.79. The Kier molecular flexibility index (Phi) is 5.13. The molecule has 5 heteroatoms. The molecule has 43 heavy (non-hydrogen) atoms. The molecule has 0 bridgehead atoms. The number of hydrogen-bond donors (Lipinski definition) is 0. The van der Waals surface area contributed by atoms with Crippen molar-refractivity contribution in [3.05, 3.63) is 134 Å². The molecule has 5 nitrogen and oxygen atoms in total. The van der Waals surface area contributed by atoms with E-state index in [1.165, 1.54) is 21.5 Å². The van der Waals surface area contributed by atoms with E-state index < -0.39 is 0 Å². The van der Waals surface area contributed by atoms with Crippen LogP contribution in [0, 0.1) is 0 Å². The Morgan fingerprint density at radius 2 is 1.12 bits per heavy atom.